The maximum atomic E-state index is 12.8. The summed E-state index contributed by atoms with van der Waals surface area (Å²) in [6.07, 6.45) is 0.595. The Balaban J connectivity index is 0.000000229. The number of nitrogens with zero attached hydrogens (tertiary/aromatic N) is 1. The van der Waals surface area contributed by atoms with Crippen LogP contribution in [0.2, 0.25) is 20.1 Å². The van der Waals surface area contributed by atoms with Crippen LogP contribution in [0, 0.1) is 0 Å². The summed E-state index contributed by atoms with van der Waals surface area (Å²) in [5.41, 5.74) is 4.49. The summed E-state index contributed by atoms with van der Waals surface area (Å²) in [6, 6.07) is 17.1. The number of carbonyl (C=O) groups is 3. The lowest BCUT2D eigenvalue weighted by Crippen LogP contribution is -2.16. The van der Waals surface area contributed by atoms with Gasteiger partial charge in [0, 0.05) is 41.8 Å². The van der Waals surface area contributed by atoms with E-state index in [9.17, 15) is 14.4 Å². The fourth-order valence-corrected chi connectivity index (χ4v) is 5.77. The van der Waals surface area contributed by atoms with E-state index in [1.165, 1.54) is 14.2 Å². The number of fused-ring (bicyclic) bond motifs is 1. The Labute approximate surface area is 323 Å². The predicted octanol–water partition coefficient (Wildman–Crippen LogP) is 8.76. The van der Waals surface area contributed by atoms with Crippen LogP contribution in [0.4, 0.5) is 11.4 Å². The van der Waals surface area contributed by atoms with E-state index in [1.807, 2.05) is 12.1 Å². The number of halogens is 5. The van der Waals surface area contributed by atoms with Crippen molar-refractivity contribution in [3.8, 4) is 23.0 Å². The number of anilines is 2. The molecule has 1 heterocycles. The summed E-state index contributed by atoms with van der Waals surface area (Å²) in [5.74, 6) is 1.22. The lowest BCUT2D eigenvalue weighted by molar-refractivity contribution is -0.115. The third-order valence-corrected chi connectivity index (χ3v) is 9.43. The molecule has 4 aromatic rings. The van der Waals surface area contributed by atoms with E-state index in [2.05, 4.69) is 31.6 Å². The molecular formula is C36H32BrCl4N3O7. The molecular weight excluding hydrogens is 808 g/mol. The first-order valence-corrected chi connectivity index (χ1v) is 17.7. The summed E-state index contributed by atoms with van der Waals surface area (Å²) in [6.45, 7) is 0.0516. The standard InChI is InChI=1S/C18H16BrCl2NO4.C18H16Cl2N2O3/c1-25-16-7-11(14(8-17(16)26-2)22-18(24)9-19)15(23)6-10-3-4-12(20)13(21)5-10;1-24-16-7-11-14(6-10-3-4-12(19)13(20)5-10)21-9-18(23)22-15(11)8-17(16)25-2/h3-5,7-8H,6,9H2,1-2H3,(H,22,24);3-5,7-8H,6,9H2,1-2H3,(H,22,23). The highest BCUT2D eigenvalue weighted by atomic mass is 79.9. The second-order valence-corrected chi connectivity index (χ2v) is 13.0. The number of ketones is 1. The van der Waals surface area contributed by atoms with E-state index in [1.54, 1.807) is 62.8 Å². The largest absolute Gasteiger partial charge is 0.493 e. The lowest BCUT2D eigenvalue weighted by Gasteiger charge is -2.15. The van der Waals surface area contributed by atoms with E-state index in [4.69, 9.17) is 65.4 Å². The van der Waals surface area contributed by atoms with Gasteiger partial charge in [-0.25, -0.2) is 0 Å². The second-order valence-electron chi connectivity index (χ2n) is 10.8. The van der Waals surface area contributed by atoms with Gasteiger partial charge in [0.2, 0.25) is 11.8 Å². The van der Waals surface area contributed by atoms with Gasteiger partial charge < -0.3 is 29.6 Å². The summed E-state index contributed by atoms with van der Waals surface area (Å²) >= 11 is 27.1. The Bertz CT molecular complexity index is 1990. The monoisotopic (exact) mass is 837 g/mol. The van der Waals surface area contributed by atoms with Crippen LogP contribution in [0.1, 0.15) is 27.0 Å². The van der Waals surface area contributed by atoms with Crippen LogP contribution < -0.4 is 29.6 Å². The molecule has 0 bridgehead atoms. The first-order valence-electron chi connectivity index (χ1n) is 15.0. The first kappa shape index (κ1) is 39.8. The Morgan fingerprint density at radius 1 is 0.765 bits per heavy atom. The van der Waals surface area contributed by atoms with Gasteiger partial charge in [-0.2, -0.15) is 0 Å². The number of benzene rings is 4. The van der Waals surface area contributed by atoms with Crippen LogP contribution in [0.3, 0.4) is 0 Å². The average Bonchev–Trinajstić information content (AvgIpc) is 3.27. The van der Waals surface area contributed by atoms with E-state index in [0.717, 1.165) is 16.8 Å². The molecule has 2 N–H and O–H groups in total. The fraction of sp³-hybridized carbons (Fsp3) is 0.222. The smallest absolute Gasteiger partial charge is 0.246 e. The van der Waals surface area contributed by atoms with Crippen molar-refractivity contribution in [3.63, 3.8) is 0 Å². The summed E-state index contributed by atoms with van der Waals surface area (Å²) in [4.78, 5) is 41.0. The van der Waals surface area contributed by atoms with Crippen LogP contribution in [-0.4, -0.2) is 63.6 Å². The molecule has 0 unspecified atom stereocenters. The zero-order valence-corrected chi connectivity index (χ0v) is 32.4. The quantitative estimate of drug-likeness (QED) is 0.114. The molecule has 0 fully saturated rings. The third kappa shape index (κ3) is 10.3. The van der Waals surface area contributed by atoms with Gasteiger partial charge in [0.1, 0.15) is 6.54 Å². The van der Waals surface area contributed by atoms with Gasteiger partial charge in [-0.1, -0.05) is 74.5 Å². The maximum Gasteiger partial charge on any atom is 0.246 e. The number of rotatable bonds is 11. The van der Waals surface area contributed by atoms with Gasteiger partial charge >= 0.3 is 0 Å². The molecule has 1 aliphatic rings. The highest BCUT2D eigenvalue weighted by molar-refractivity contribution is 9.09. The second kappa shape index (κ2) is 18.5. The molecule has 15 heteroatoms. The van der Waals surface area contributed by atoms with E-state index < -0.39 is 0 Å². The number of benzodiazepines with no additional fused rings is 1. The number of nitrogens with one attached hydrogen (secondary N) is 2. The maximum absolute atomic E-state index is 12.8. The number of hydrogen-bond donors (Lipinski definition) is 2. The van der Waals surface area contributed by atoms with Gasteiger partial charge in [0.25, 0.3) is 0 Å². The highest BCUT2D eigenvalue weighted by Crippen LogP contribution is 2.36. The zero-order chi connectivity index (χ0) is 37.2. The SMILES string of the molecule is COc1cc(NC(=O)CBr)c(C(=O)Cc2ccc(Cl)c(Cl)c2)cc1OC.COc1cc2c(cc1OC)C(Cc1ccc(Cl)c(Cl)c1)=NCC(=O)N2. The normalized spacial score (nSPS) is 11.9. The number of aliphatic imine (C=N–C) groups is 1. The van der Waals surface area contributed by atoms with Gasteiger partial charge in [-0.05, 0) is 47.5 Å². The predicted molar refractivity (Wildman–Crippen MR) is 206 cm³/mol. The van der Waals surface area contributed by atoms with Crippen molar-refractivity contribution in [1.82, 2.24) is 0 Å². The molecule has 0 spiro atoms. The molecule has 0 saturated heterocycles. The number of methoxy groups -OCH3 is 4. The number of carbonyl (C=O) groups excluding carboxylic acids is 3. The van der Waals surface area contributed by atoms with Gasteiger partial charge in [-0.3, -0.25) is 19.4 Å². The first-order chi connectivity index (χ1) is 24.4. The third-order valence-electron chi connectivity index (χ3n) is 7.45. The minimum absolute atomic E-state index is 0.0516. The molecule has 2 amide bonds. The zero-order valence-electron chi connectivity index (χ0n) is 27.8. The van der Waals surface area contributed by atoms with Crippen LogP contribution in [0.5, 0.6) is 23.0 Å². The topological polar surface area (TPSA) is 125 Å². The van der Waals surface area contributed by atoms with E-state index >= 15 is 0 Å². The molecule has 0 radical (unpaired) electrons. The molecule has 268 valence electrons. The number of alkyl halides is 1. The molecule has 51 heavy (non-hydrogen) atoms. The van der Waals surface area contributed by atoms with E-state index in [-0.39, 0.29) is 35.9 Å². The van der Waals surface area contributed by atoms with Gasteiger partial charge in [0.15, 0.2) is 28.8 Å². The highest BCUT2D eigenvalue weighted by Gasteiger charge is 2.22. The Kier molecular flexibility index (Phi) is 14.4. The van der Waals surface area contributed by atoms with Crippen LogP contribution in [0.15, 0.2) is 65.7 Å². The van der Waals surface area contributed by atoms with Crippen molar-refractivity contribution in [2.75, 3.05) is 50.9 Å². The van der Waals surface area contributed by atoms with Crippen LogP contribution >= 0.6 is 62.3 Å². The number of ether oxygens (including phenoxy) is 4. The molecule has 10 nitrogen and oxygen atoms in total. The number of hydrogen-bond acceptors (Lipinski definition) is 8. The Hall–Kier alpha value is -4.00. The average molecular weight is 840 g/mol. The number of amides is 2. The molecule has 0 aliphatic carbocycles. The van der Waals surface area contributed by atoms with Crippen molar-refractivity contribution in [2.24, 2.45) is 4.99 Å². The minimum atomic E-state index is -0.291. The summed E-state index contributed by atoms with van der Waals surface area (Å²) in [7, 11) is 6.07. The molecule has 0 atom stereocenters. The van der Waals surface area contributed by atoms with Crippen molar-refractivity contribution in [2.45, 2.75) is 12.8 Å². The Morgan fingerprint density at radius 3 is 1.90 bits per heavy atom. The van der Waals surface area contributed by atoms with Crippen LogP contribution in [-0.2, 0) is 22.4 Å². The molecule has 4 aromatic carbocycles. The molecule has 0 saturated carbocycles. The number of Topliss-reactive ketones (excluding diaryl/α,β-unsaturated/α-hetero) is 1. The summed E-state index contributed by atoms with van der Waals surface area (Å²) in [5, 5.41) is 7.40. The minimum Gasteiger partial charge on any atom is -0.493 e. The van der Waals surface area contributed by atoms with Crippen molar-refractivity contribution >= 4 is 97.0 Å². The summed E-state index contributed by atoms with van der Waals surface area (Å²) < 4.78 is 21.2. The van der Waals surface area contributed by atoms with Gasteiger partial charge in [-0.15, -0.1) is 0 Å². The Morgan fingerprint density at radius 2 is 1.31 bits per heavy atom. The van der Waals surface area contributed by atoms with Crippen molar-refractivity contribution in [1.29, 1.82) is 0 Å². The van der Waals surface area contributed by atoms with E-state index in [0.29, 0.717) is 72.0 Å². The molecule has 0 aromatic heterocycles. The van der Waals surface area contributed by atoms with Crippen LogP contribution in [0.25, 0.3) is 0 Å². The lowest BCUT2D eigenvalue weighted by atomic mass is 10.00. The fourth-order valence-electron chi connectivity index (χ4n) is 4.98. The van der Waals surface area contributed by atoms with Crippen molar-refractivity contribution < 1.29 is 33.3 Å². The molecule has 5 rings (SSSR count). The van der Waals surface area contributed by atoms with Crippen molar-refractivity contribution in [3.05, 3.63) is 103 Å². The molecule has 1 aliphatic heterocycles. The van der Waals surface area contributed by atoms with Gasteiger partial charge in [0.05, 0.1) is 65.2 Å².